The number of hydrogen-bond donors (Lipinski definition) is 1. The lowest BCUT2D eigenvalue weighted by Gasteiger charge is -2.29. The number of nitrogens with zero attached hydrogens (tertiary/aromatic N) is 2. The Hall–Kier alpha value is -2.41. The number of unbranched alkanes of at least 4 members (excludes halogenated alkanes) is 1. The Morgan fingerprint density at radius 2 is 1.93 bits per heavy atom. The zero-order chi connectivity index (χ0) is 20.5. The average molecular weight is 389 g/mol. The Morgan fingerprint density at radius 1 is 1.18 bits per heavy atom. The molecule has 154 valence electrons. The van der Waals surface area contributed by atoms with Crippen molar-refractivity contribution in [3.63, 3.8) is 0 Å². The van der Waals surface area contributed by atoms with E-state index in [9.17, 15) is 14.4 Å². The zero-order valence-corrected chi connectivity index (χ0v) is 17.1. The highest BCUT2D eigenvalue weighted by atomic mass is 16.5. The highest BCUT2D eigenvalue weighted by molar-refractivity contribution is 6.04. The molecule has 0 radical (unpaired) electrons. The molecule has 1 heterocycles. The first-order valence-electron chi connectivity index (χ1n) is 10.1. The maximum Gasteiger partial charge on any atom is 0.265 e. The van der Waals surface area contributed by atoms with Gasteiger partial charge in [0.1, 0.15) is 12.3 Å². The maximum atomic E-state index is 12.3. The molecule has 0 aliphatic carbocycles. The van der Waals surface area contributed by atoms with E-state index >= 15 is 0 Å². The highest BCUT2D eigenvalue weighted by Gasteiger charge is 2.28. The number of amides is 2. The highest BCUT2D eigenvalue weighted by Crippen LogP contribution is 2.33. The van der Waals surface area contributed by atoms with Crippen LogP contribution in [0.4, 0.5) is 5.69 Å². The van der Waals surface area contributed by atoms with E-state index in [1.54, 1.807) is 25.1 Å². The second-order valence-corrected chi connectivity index (χ2v) is 6.81. The lowest BCUT2D eigenvalue weighted by atomic mass is 10.1. The largest absolute Gasteiger partial charge is 0.482 e. The molecule has 2 amide bonds. The number of anilines is 1. The number of rotatable bonds is 11. The van der Waals surface area contributed by atoms with Crippen LogP contribution >= 0.6 is 0 Å². The summed E-state index contributed by atoms with van der Waals surface area (Å²) >= 11 is 0. The number of Topliss-reactive ketones (excluding diaryl/α,β-unsaturated/α-hetero) is 1. The van der Waals surface area contributed by atoms with Crippen LogP contribution < -0.4 is 15.0 Å². The molecule has 1 aliphatic heterocycles. The summed E-state index contributed by atoms with van der Waals surface area (Å²) in [6.07, 6.45) is 2.29. The average Bonchev–Trinajstić information content (AvgIpc) is 2.71. The predicted molar refractivity (Wildman–Crippen MR) is 109 cm³/mol. The quantitative estimate of drug-likeness (QED) is 0.464. The van der Waals surface area contributed by atoms with Crippen LogP contribution in [0, 0.1) is 0 Å². The molecule has 1 aromatic rings. The van der Waals surface area contributed by atoms with Crippen LogP contribution in [0.3, 0.4) is 0 Å². The number of fused-ring (bicyclic) bond motifs is 1. The zero-order valence-electron chi connectivity index (χ0n) is 17.1. The lowest BCUT2D eigenvalue weighted by Crippen LogP contribution is -2.45. The second kappa shape index (κ2) is 10.8. The van der Waals surface area contributed by atoms with Gasteiger partial charge in [-0.3, -0.25) is 19.3 Å². The molecule has 7 nitrogen and oxygen atoms in total. The molecule has 0 spiro atoms. The number of nitrogens with one attached hydrogen (secondary N) is 1. The van der Waals surface area contributed by atoms with Crippen LogP contribution in [-0.4, -0.2) is 61.8 Å². The van der Waals surface area contributed by atoms with Gasteiger partial charge in [0.2, 0.25) is 5.91 Å². The van der Waals surface area contributed by atoms with Gasteiger partial charge in [-0.2, -0.15) is 0 Å². The summed E-state index contributed by atoms with van der Waals surface area (Å²) < 4.78 is 5.43. The molecule has 1 N–H and O–H groups in total. The lowest BCUT2D eigenvalue weighted by molar-refractivity contribution is -0.125. The molecule has 0 bridgehead atoms. The predicted octanol–water partition coefficient (Wildman–Crippen LogP) is 2.24. The summed E-state index contributed by atoms with van der Waals surface area (Å²) in [5.41, 5.74) is 0.994. The minimum absolute atomic E-state index is 0.0153. The van der Waals surface area contributed by atoms with Crippen molar-refractivity contribution < 1.29 is 19.1 Å². The summed E-state index contributed by atoms with van der Waals surface area (Å²) in [6, 6.07) is 5.01. The summed E-state index contributed by atoms with van der Waals surface area (Å²) in [6.45, 7) is 9.55. The van der Waals surface area contributed by atoms with E-state index in [4.69, 9.17) is 4.74 Å². The Balaban J connectivity index is 1.92. The monoisotopic (exact) mass is 389 g/mol. The number of carbonyl (C=O) groups excluding carboxylic acids is 3. The fraction of sp³-hybridized carbons (Fsp3) is 0.571. The molecule has 28 heavy (non-hydrogen) atoms. The smallest absolute Gasteiger partial charge is 0.265 e. The van der Waals surface area contributed by atoms with Crippen LogP contribution in [-0.2, 0) is 9.59 Å². The fourth-order valence-electron chi connectivity index (χ4n) is 3.18. The van der Waals surface area contributed by atoms with Crippen molar-refractivity contribution in [1.82, 2.24) is 10.2 Å². The molecule has 0 unspecified atom stereocenters. The molecular weight excluding hydrogens is 358 g/mol. The summed E-state index contributed by atoms with van der Waals surface area (Å²) in [4.78, 5) is 40.3. The van der Waals surface area contributed by atoms with Crippen molar-refractivity contribution in [3.8, 4) is 5.75 Å². The van der Waals surface area contributed by atoms with Gasteiger partial charge in [-0.05, 0) is 50.7 Å². The molecule has 1 aliphatic rings. The first-order valence-corrected chi connectivity index (χ1v) is 10.1. The molecule has 2 rings (SSSR count). The summed E-state index contributed by atoms with van der Waals surface area (Å²) in [5.74, 6) is -0.000701. The SMILES string of the molecule is CCC(=O)c1ccc2c(c1)N(CC(=O)NCCCCN(CC)CC)C(=O)CO2. The van der Waals surface area contributed by atoms with Crippen LogP contribution in [0.2, 0.25) is 0 Å². The normalized spacial score (nSPS) is 13.3. The minimum atomic E-state index is -0.287. The number of ether oxygens (including phenoxy) is 1. The maximum absolute atomic E-state index is 12.3. The molecule has 7 heteroatoms. The van der Waals surface area contributed by atoms with Crippen LogP contribution in [0.1, 0.15) is 50.4 Å². The van der Waals surface area contributed by atoms with Gasteiger partial charge in [0.15, 0.2) is 12.4 Å². The van der Waals surface area contributed by atoms with E-state index in [1.165, 1.54) is 4.90 Å². The Kier molecular flexibility index (Phi) is 8.44. The third kappa shape index (κ3) is 5.79. The number of hydrogen-bond acceptors (Lipinski definition) is 5. The third-order valence-electron chi connectivity index (χ3n) is 4.96. The van der Waals surface area contributed by atoms with Gasteiger partial charge in [-0.15, -0.1) is 0 Å². The van der Waals surface area contributed by atoms with Crippen LogP contribution in [0.25, 0.3) is 0 Å². The van der Waals surface area contributed by atoms with Crippen LogP contribution in [0.5, 0.6) is 5.75 Å². The van der Waals surface area contributed by atoms with Gasteiger partial charge in [0.25, 0.3) is 5.91 Å². The molecule has 1 aromatic carbocycles. The van der Waals surface area contributed by atoms with Gasteiger partial charge < -0.3 is 15.0 Å². The van der Waals surface area contributed by atoms with Crippen molar-refractivity contribution in [2.75, 3.05) is 44.2 Å². The number of benzene rings is 1. The molecule has 0 saturated heterocycles. The second-order valence-electron chi connectivity index (χ2n) is 6.81. The third-order valence-corrected chi connectivity index (χ3v) is 4.96. The molecule has 0 atom stereocenters. The van der Waals surface area contributed by atoms with E-state index in [2.05, 4.69) is 24.1 Å². The van der Waals surface area contributed by atoms with E-state index in [0.717, 1.165) is 32.5 Å². The van der Waals surface area contributed by atoms with Crippen molar-refractivity contribution in [2.24, 2.45) is 0 Å². The molecule has 0 fully saturated rings. The minimum Gasteiger partial charge on any atom is -0.482 e. The molecular formula is C21H31N3O4. The van der Waals surface area contributed by atoms with Gasteiger partial charge >= 0.3 is 0 Å². The Labute approximate surface area is 167 Å². The fourth-order valence-corrected chi connectivity index (χ4v) is 3.18. The first kappa shape index (κ1) is 21.9. The number of ketones is 1. The van der Waals surface area contributed by atoms with Gasteiger partial charge in [-0.1, -0.05) is 20.8 Å². The molecule has 0 saturated carbocycles. The van der Waals surface area contributed by atoms with Gasteiger partial charge in [0.05, 0.1) is 5.69 Å². The van der Waals surface area contributed by atoms with E-state index in [0.29, 0.717) is 30.0 Å². The first-order chi connectivity index (χ1) is 13.5. The van der Waals surface area contributed by atoms with Crippen molar-refractivity contribution in [1.29, 1.82) is 0 Å². The Morgan fingerprint density at radius 3 is 2.61 bits per heavy atom. The topological polar surface area (TPSA) is 79.0 Å². The van der Waals surface area contributed by atoms with Crippen LogP contribution in [0.15, 0.2) is 18.2 Å². The summed E-state index contributed by atoms with van der Waals surface area (Å²) in [7, 11) is 0. The number of carbonyl (C=O) groups is 3. The van der Waals surface area contributed by atoms with Gasteiger partial charge in [-0.25, -0.2) is 0 Å². The Bertz CT molecular complexity index is 701. The van der Waals surface area contributed by atoms with Gasteiger partial charge in [0, 0.05) is 18.5 Å². The van der Waals surface area contributed by atoms with Crippen molar-refractivity contribution >= 4 is 23.3 Å². The van der Waals surface area contributed by atoms with E-state index in [-0.39, 0.29) is 30.7 Å². The van der Waals surface area contributed by atoms with E-state index in [1.807, 2.05) is 0 Å². The summed E-state index contributed by atoms with van der Waals surface area (Å²) in [5, 5.41) is 2.88. The van der Waals surface area contributed by atoms with E-state index < -0.39 is 0 Å². The standard InChI is InChI=1S/C21H31N3O4/c1-4-18(25)16-9-10-19-17(13-16)24(21(27)15-28-19)14-20(26)22-11-7-8-12-23(5-2)6-3/h9-10,13H,4-8,11-12,14-15H2,1-3H3,(H,22,26). The van der Waals surface area contributed by atoms with Crippen molar-refractivity contribution in [2.45, 2.75) is 40.0 Å². The molecule has 0 aromatic heterocycles. The van der Waals surface area contributed by atoms with Crippen molar-refractivity contribution in [3.05, 3.63) is 23.8 Å².